The summed E-state index contributed by atoms with van der Waals surface area (Å²) in [6, 6.07) is -0.285. The molecule has 5 heteroatoms. The van der Waals surface area contributed by atoms with Gasteiger partial charge in [-0.2, -0.15) is 0 Å². The van der Waals surface area contributed by atoms with Gasteiger partial charge in [0, 0.05) is 25.2 Å². The molecule has 1 atom stereocenters. The van der Waals surface area contributed by atoms with Crippen LogP contribution in [0.5, 0.6) is 0 Å². The number of amides is 1. The Morgan fingerprint density at radius 1 is 1.55 bits per heavy atom. The zero-order valence-electron chi connectivity index (χ0n) is 6.21. The van der Waals surface area contributed by atoms with Crippen LogP contribution in [0.2, 0.25) is 0 Å². The maximum Gasteiger partial charge on any atom is 0.217 e. The fraction of sp³-hybridized carbons (Fsp3) is 0.667. The number of carboxylic acids is 1. The largest absolute Gasteiger partial charge is 0.550 e. The molecule has 0 aliphatic rings. The molecular weight excluding hydrogens is 148 g/mol. The third kappa shape index (κ3) is 6.79. The van der Waals surface area contributed by atoms with Gasteiger partial charge >= 0.3 is 0 Å². The second kappa shape index (κ2) is 4.68. The molecule has 5 nitrogen and oxygen atoms in total. The number of hydrogen-bond donors (Lipinski definition) is 2. The van der Waals surface area contributed by atoms with Crippen molar-refractivity contribution in [2.24, 2.45) is 5.73 Å². The first kappa shape index (κ1) is 9.90. The number of aliphatic carboxylic acids is 1. The maximum atomic E-state index is 10.2. The predicted octanol–water partition coefficient (Wildman–Crippen LogP) is -3.00. The summed E-state index contributed by atoms with van der Waals surface area (Å²) in [5, 5.41) is 9.99. The zero-order chi connectivity index (χ0) is 8.85. The van der Waals surface area contributed by atoms with Gasteiger partial charge in [-0.15, -0.1) is 0 Å². The van der Waals surface area contributed by atoms with Gasteiger partial charge in [-0.3, -0.25) is 4.79 Å². The Labute approximate surface area is 64.4 Å². The van der Waals surface area contributed by atoms with E-state index in [0.717, 1.165) is 0 Å². The van der Waals surface area contributed by atoms with E-state index < -0.39 is 11.9 Å². The van der Waals surface area contributed by atoms with E-state index >= 15 is 0 Å². The van der Waals surface area contributed by atoms with Gasteiger partial charge in [0.2, 0.25) is 5.91 Å². The van der Waals surface area contributed by atoms with E-state index in [1.165, 1.54) is 0 Å². The quantitative estimate of drug-likeness (QED) is 0.447. The highest BCUT2D eigenvalue weighted by Crippen LogP contribution is 1.94. The van der Waals surface area contributed by atoms with Crippen LogP contribution in [0.25, 0.3) is 0 Å². The molecule has 0 bridgehead atoms. The van der Waals surface area contributed by atoms with Crippen molar-refractivity contribution in [2.75, 3.05) is 0 Å². The average molecular weight is 160 g/mol. The molecule has 0 unspecified atom stereocenters. The van der Waals surface area contributed by atoms with Gasteiger partial charge in [0.05, 0.1) is 6.04 Å². The molecule has 0 aliphatic heterocycles. The van der Waals surface area contributed by atoms with Crippen molar-refractivity contribution in [2.45, 2.75) is 25.3 Å². The number of hydrogen-bond acceptors (Lipinski definition) is 3. The molecule has 0 rings (SSSR count). The molecule has 0 aromatic heterocycles. The van der Waals surface area contributed by atoms with Gasteiger partial charge in [-0.25, -0.2) is 0 Å². The minimum atomic E-state index is -1.14. The molecular formula is C6H12N2O3. The van der Waals surface area contributed by atoms with Gasteiger partial charge in [-0.1, -0.05) is 0 Å². The third-order valence-electron chi connectivity index (χ3n) is 1.25. The summed E-state index contributed by atoms with van der Waals surface area (Å²) in [6.45, 7) is 0. The smallest absolute Gasteiger partial charge is 0.217 e. The molecule has 0 fully saturated rings. The van der Waals surface area contributed by atoms with Crippen LogP contribution in [0.3, 0.4) is 0 Å². The molecule has 11 heavy (non-hydrogen) atoms. The monoisotopic (exact) mass is 160 g/mol. The molecule has 0 aliphatic carbocycles. The molecule has 0 aromatic carbocycles. The van der Waals surface area contributed by atoms with Crippen LogP contribution < -0.4 is 16.6 Å². The number of carbonyl (C=O) groups is 2. The van der Waals surface area contributed by atoms with Crippen LogP contribution >= 0.6 is 0 Å². The minimum Gasteiger partial charge on any atom is -0.550 e. The molecule has 0 spiro atoms. The van der Waals surface area contributed by atoms with E-state index in [-0.39, 0.29) is 18.9 Å². The van der Waals surface area contributed by atoms with Crippen molar-refractivity contribution in [3.8, 4) is 0 Å². The van der Waals surface area contributed by atoms with Crippen molar-refractivity contribution >= 4 is 11.9 Å². The highest BCUT2D eigenvalue weighted by molar-refractivity contribution is 5.73. The van der Waals surface area contributed by atoms with Crippen LogP contribution in [0.4, 0.5) is 0 Å². The van der Waals surface area contributed by atoms with Crippen LogP contribution in [0.1, 0.15) is 19.3 Å². The van der Waals surface area contributed by atoms with Gasteiger partial charge < -0.3 is 21.4 Å². The van der Waals surface area contributed by atoms with Crippen LogP contribution in [-0.2, 0) is 9.59 Å². The Morgan fingerprint density at radius 2 is 2.09 bits per heavy atom. The van der Waals surface area contributed by atoms with Crippen LogP contribution in [0.15, 0.2) is 0 Å². The summed E-state index contributed by atoms with van der Waals surface area (Å²) in [7, 11) is 0. The maximum absolute atomic E-state index is 10.2. The second-order valence-corrected chi connectivity index (χ2v) is 2.45. The first-order chi connectivity index (χ1) is 5.02. The fourth-order valence-corrected chi connectivity index (χ4v) is 0.684. The third-order valence-corrected chi connectivity index (χ3v) is 1.25. The van der Waals surface area contributed by atoms with Gasteiger partial charge in [0.1, 0.15) is 0 Å². The molecule has 5 N–H and O–H groups in total. The van der Waals surface area contributed by atoms with E-state index in [2.05, 4.69) is 5.73 Å². The Hall–Kier alpha value is -1.10. The average Bonchev–Trinajstić information content (AvgIpc) is 1.82. The van der Waals surface area contributed by atoms with E-state index in [9.17, 15) is 14.7 Å². The number of quaternary nitrogens is 1. The highest BCUT2D eigenvalue weighted by atomic mass is 16.4. The molecule has 0 saturated carbocycles. The normalized spacial score (nSPS) is 12.5. The molecule has 0 aromatic rings. The first-order valence-corrected chi connectivity index (χ1v) is 3.33. The summed E-state index contributed by atoms with van der Waals surface area (Å²) in [6.07, 6.45) is 0.470. The van der Waals surface area contributed by atoms with E-state index in [0.29, 0.717) is 6.42 Å². The number of carboxylic acid groups (broad SMARTS) is 1. The summed E-state index contributed by atoms with van der Waals surface area (Å²) in [5.74, 6) is -1.58. The van der Waals surface area contributed by atoms with Gasteiger partial charge in [0.15, 0.2) is 0 Å². The molecule has 0 heterocycles. The number of carbonyl (C=O) groups excluding carboxylic acids is 2. The zero-order valence-corrected chi connectivity index (χ0v) is 6.21. The Kier molecular flexibility index (Phi) is 4.21. The van der Waals surface area contributed by atoms with Crippen LogP contribution in [-0.4, -0.2) is 17.9 Å². The Balaban J connectivity index is 3.44. The SMILES string of the molecule is NC(=O)CC[C@H]([NH3+])CC(=O)[O-]. The van der Waals surface area contributed by atoms with E-state index in [1.807, 2.05) is 0 Å². The number of rotatable bonds is 5. The lowest BCUT2D eigenvalue weighted by molar-refractivity contribution is -0.425. The summed E-state index contributed by atoms with van der Waals surface area (Å²) in [4.78, 5) is 20.2. The van der Waals surface area contributed by atoms with E-state index in [4.69, 9.17) is 5.73 Å². The molecule has 0 saturated heterocycles. The lowest BCUT2D eigenvalue weighted by atomic mass is 10.1. The summed E-state index contributed by atoms with van der Waals surface area (Å²) < 4.78 is 0. The van der Waals surface area contributed by atoms with Gasteiger partial charge in [-0.05, 0) is 0 Å². The van der Waals surface area contributed by atoms with Crippen molar-refractivity contribution < 1.29 is 20.4 Å². The minimum absolute atomic E-state index is 0.118. The van der Waals surface area contributed by atoms with Gasteiger partial charge in [0.25, 0.3) is 0 Å². The highest BCUT2D eigenvalue weighted by Gasteiger charge is 2.07. The number of nitrogens with two attached hydrogens (primary N) is 1. The lowest BCUT2D eigenvalue weighted by Gasteiger charge is -2.06. The number of primary amides is 1. The fourth-order valence-electron chi connectivity index (χ4n) is 0.684. The molecule has 0 radical (unpaired) electrons. The first-order valence-electron chi connectivity index (χ1n) is 3.33. The lowest BCUT2D eigenvalue weighted by Crippen LogP contribution is -2.62. The molecule has 1 amide bonds. The Bertz CT molecular complexity index is 158. The van der Waals surface area contributed by atoms with Crippen molar-refractivity contribution in [3.05, 3.63) is 0 Å². The second-order valence-electron chi connectivity index (χ2n) is 2.45. The van der Waals surface area contributed by atoms with E-state index in [1.54, 1.807) is 0 Å². The summed E-state index contributed by atoms with van der Waals surface area (Å²) >= 11 is 0. The standard InChI is InChI=1S/C6H12N2O3/c7-4(3-6(10)11)1-2-5(8)9/h4H,1-3,7H2,(H2,8,9)(H,10,11)/t4-/m0/s1. The summed E-state index contributed by atoms with van der Waals surface area (Å²) in [5.41, 5.74) is 8.36. The van der Waals surface area contributed by atoms with Crippen molar-refractivity contribution in [3.63, 3.8) is 0 Å². The Morgan fingerprint density at radius 3 is 2.45 bits per heavy atom. The van der Waals surface area contributed by atoms with Crippen LogP contribution in [0, 0.1) is 0 Å². The predicted molar refractivity (Wildman–Crippen MR) is 34.7 cm³/mol. The van der Waals surface area contributed by atoms with Crippen molar-refractivity contribution in [1.29, 1.82) is 0 Å². The molecule has 64 valence electrons. The van der Waals surface area contributed by atoms with Crippen molar-refractivity contribution in [1.82, 2.24) is 0 Å². The topological polar surface area (TPSA) is 111 Å².